The highest BCUT2D eigenvalue weighted by molar-refractivity contribution is 7.85. The topological polar surface area (TPSA) is 109 Å². The first-order chi connectivity index (χ1) is 12.8. The lowest BCUT2D eigenvalue weighted by molar-refractivity contribution is -0.131. The number of aliphatic carboxylic acids is 1. The van der Waals surface area contributed by atoms with E-state index in [1.165, 1.54) is 12.1 Å². The number of rotatable bonds is 5. The molecule has 2 aromatic carbocycles. The third kappa shape index (κ3) is 7.27. The highest BCUT2D eigenvalue weighted by Crippen LogP contribution is 2.08. The van der Waals surface area contributed by atoms with Crippen LogP contribution in [0, 0.1) is 0 Å². The van der Waals surface area contributed by atoms with Gasteiger partial charge in [0.25, 0.3) is 10.1 Å². The van der Waals surface area contributed by atoms with Crippen LogP contribution in [-0.4, -0.2) is 33.6 Å². The van der Waals surface area contributed by atoms with Gasteiger partial charge >= 0.3 is 5.97 Å². The molecule has 2 N–H and O–H groups in total. The molecule has 27 heavy (non-hydrogen) atoms. The quantitative estimate of drug-likeness (QED) is 0.515. The molecule has 0 saturated carbocycles. The van der Waals surface area contributed by atoms with Crippen LogP contribution < -0.4 is 0 Å². The van der Waals surface area contributed by atoms with Crippen molar-refractivity contribution in [2.75, 3.05) is 0 Å². The number of imidazole rings is 1. The molecule has 0 aliphatic carbocycles. The molecule has 1 aromatic heterocycles. The summed E-state index contributed by atoms with van der Waals surface area (Å²) in [6.45, 7) is 0.767. The smallest absolute Gasteiger partial charge is 0.328 e. The number of nitrogens with zero attached hydrogens (tertiary/aromatic N) is 2. The zero-order valence-corrected chi connectivity index (χ0v) is 15.0. The van der Waals surface area contributed by atoms with Gasteiger partial charge in [-0.05, 0) is 29.3 Å². The SMILES string of the molecule is O=C(O)/C=C/c1ccc(Cn2ccnc2)cc1.O=S(=O)(O)c1ccccc1. The minimum atomic E-state index is -4.00. The van der Waals surface area contributed by atoms with Gasteiger partial charge in [-0.25, -0.2) is 9.78 Å². The van der Waals surface area contributed by atoms with Gasteiger partial charge in [0.1, 0.15) is 0 Å². The summed E-state index contributed by atoms with van der Waals surface area (Å²) in [6, 6.07) is 15.2. The first-order valence-electron chi connectivity index (χ1n) is 7.83. The van der Waals surface area contributed by atoms with E-state index in [1.54, 1.807) is 36.8 Å². The molecule has 8 heteroatoms. The summed E-state index contributed by atoms with van der Waals surface area (Å²) in [5.74, 6) is -0.938. The van der Waals surface area contributed by atoms with E-state index in [1.807, 2.05) is 35.0 Å². The van der Waals surface area contributed by atoms with E-state index in [-0.39, 0.29) is 4.90 Å². The zero-order valence-electron chi connectivity index (χ0n) is 14.2. The molecule has 0 fully saturated rings. The Labute approximate surface area is 157 Å². The minimum Gasteiger partial charge on any atom is -0.478 e. The molecule has 0 spiro atoms. The Hall–Kier alpha value is -3.23. The maximum Gasteiger partial charge on any atom is 0.328 e. The van der Waals surface area contributed by atoms with Crippen LogP contribution in [0.3, 0.4) is 0 Å². The van der Waals surface area contributed by atoms with Crippen molar-refractivity contribution < 1.29 is 22.9 Å². The molecule has 0 amide bonds. The van der Waals surface area contributed by atoms with Crippen LogP contribution in [0.25, 0.3) is 6.08 Å². The summed E-state index contributed by atoms with van der Waals surface area (Å²) in [4.78, 5) is 14.3. The van der Waals surface area contributed by atoms with Crippen molar-refractivity contribution >= 4 is 22.2 Å². The molecule has 0 atom stereocenters. The summed E-state index contributed by atoms with van der Waals surface area (Å²) < 4.78 is 31.2. The van der Waals surface area contributed by atoms with Gasteiger partial charge in [-0.2, -0.15) is 8.42 Å². The second-order valence-electron chi connectivity index (χ2n) is 5.44. The first-order valence-corrected chi connectivity index (χ1v) is 9.27. The summed E-state index contributed by atoms with van der Waals surface area (Å²) in [5, 5.41) is 8.50. The number of carbonyl (C=O) groups is 1. The molecule has 0 radical (unpaired) electrons. The molecule has 3 rings (SSSR count). The Balaban J connectivity index is 0.000000223. The van der Waals surface area contributed by atoms with Crippen LogP contribution in [0.4, 0.5) is 0 Å². The number of aromatic nitrogens is 2. The fraction of sp³-hybridized carbons (Fsp3) is 0.0526. The number of hydrogen-bond acceptors (Lipinski definition) is 4. The summed E-state index contributed by atoms with van der Waals surface area (Å²) in [6.07, 6.45) is 8.11. The van der Waals surface area contributed by atoms with E-state index in [0.29, 0.717) is 0 Å². The van der Waals surface area contributed by atoms with E-state index in [2.05, 4.69) is 4.98 Å². The molecule has 0 saturated heterocycles. The van der Waals surface area contributed by atoms with Crippen molar-refractivity contribution in [3.05, 3.63) is 90.5 Å². The van der Waals surface area contributed by atoms with Crippen molar-refractivity contribution in [2.45, 2.75) is 11.4 Å². The Bertz CT molecular complexity index is 980. The van der Waals surface area contributed by atoms with Crippen LogP contribution in [0.15, 0.2) is 84.3 Å². The third-order valence-electron chi connectivity index (χ3n) is 3.36. The maximum absolute atomic E-state index is 10.4. The van der Waals surface area contributed by atoms with Crippen molar-refractivity contribution in [3.63, 3.8) is 0 Å². The lowest BCUT2D eigenvalue weighted by atomic mass is 10.1. The van der Waals surface area contributed by atoms with Crippen molar-refractivity contribution in [3.8, 4) is 0 Å². The molecule has 140 valence electrons. The number of carboxylic acids is 1. The number of carboxylic acid groups (broad SMARTS) is 1. The van der Waals surface area contributed by atoms with Gasteiger partial charge in [0.05, 0.1) is 11.2 Å². The maximum atomic E-state index is 10.4. The fourth-order valence-electron chi connectivity index (χ4n) is 2.09. The van der Waals surface area contributed by atoms with Gasteiger partial charge in [0, 0.05) is 25.0 Å². The number of benzene rings is 2. The Morgan fingerprint density at radius 3 is 2.22 bits per heavy atom. The monoisotopic (exact) mass is 386 g/mol. The van der Waals surface area contributed by atoms with E-state index in [0.717, 1.165) is 23.7 Å². The van der Waals surface area contributed by atoms with Crippen molar-refractivity contribution in [1.29, 1.82) is 0 Å². The predicted molar refractivity (Wildman–Crippen MR) is 101 cm³/mol. The highest BCUT2D eigenvalue weighted by atomic mass is 32.2. The molecule has 7 nitrogen and oxygen atoms in total. The van der Waals surface area contributed by atoms with Gasteiger partial charge in [0.15, 0.2) is 0 Å². The van der Waals surface area contributed by atoms with E-state index >= 15 is 0 Å². The normalized spacial score (nSPS) is 11.0. The van der Waals surface area contributed by atoms with E-state index in [4.69, 9.17) is 9.66 Å². The summed E-state index contributed by atoms with van der Waals surface area (Å²) in [5.41, 5.74) is 2.03. The summed E-state index contributed by atoms with van der Waals surface area (Å²) >= 11 is 0. The zero-order chi connectivity index (χ0) is 19.7. The molecule has 1 heterocycles. The van der Waals surface area contributed by atoms with Gasteiger partial charge in [0.2, 0.25) is 0 Å². The Morgan fingerprint density at radius 2 is 1.74 bits per heavy atom. The highest BCUT2D eigenvalue weighted by Gasteiger charge is 2.05. The summed E-state index contributed by atoms with van der Waals surface area (Å²) in [7, 11) is -4.00. The molecular weight excluding hydrogens is 368 g/mol. The molecule has 0 aliphatic rings. The standard InChI is InChI=1S/C13H12N2O2.C6H6O3S/c16-13(17)6-5-11-1-3-12(4-2-11)9-15-8-7-14-10-15;7-10(8,9)6-4-2-1-3-5-6/h1-8,10H,9H2,(H,16,17);1-5H,(H,7,8,9)/b6-5+;. The van der Waals surface area contributed by atoms with Crippen LogP contribution in [-0.2, 0) is 21.5 Å². The lowest BCUT2D eigenvalue weighted by Gasteiger charge is -2.02. The second-order valence-corrected chi connectivity index (χ2v) is 6.86. The molecule has 0 unspecified atom stereocenters. The minimum absolute atomic E-state index is 0.0741. The van der Waals surface area contributed by atoms with Gasteiger partial charge in [-0.1, -0.05) is 42.5 Å². The average molecular weight is 386 g/mol. The Kier molecular flexibility index (Phi) is 7.04. The molecular formula is C19H18N2O5S. The van der Waals surface area contributed by atoms with Crippen LogP contribution in [0.5, 0.6) is 0 Å². The third-order valence-corrected chi connectivity index (χ3v) is 4.23. The van der Waals surface area contributed by atoms with E-state index < -0.39 is 16.1 Å². The van der Waals surface area contributed by atoms with Crippen molar-refractivity contribution in [1.82, 2.24) is 9.55 Å². The first kappa shape index (κ1) is 20.1. The van der Waals surface area contributed by atoms with Gasteiger partial charge < -0.3 is 9.67 Å². The second kappa shape index (κ2) is 9.46. The predicted octanol–water partition coefficient (Wildman–Crippen LogP) is 2.96. The molecule has 3 aromatic rings. The largest absolute Gasteiger partial charge is 0.478 e. The van der Waals surface area contributed by atoms with Crippen molar-refractivity contribution in [2.24, 2.45) is 0 Å². The lowest BCUT2D eigenvalue weighted by Crippen LogP contribution is -1.96. The van der Waals surface area contributed by atoms with Gasteiger partial charge in [-0.3, -0.25) is 4.55 Å². The van der Waals surface area contributed by atoms with E-state index in [9.17, 15) is 13.2 Å². The number of hydrogen-bond donors (Lipinski definition) is 2. The molecule has 0 aliphatic heterocycles. The van der Waals surface area contributed by atoms with Crippen LogP contribution in [0.1, 0.15) is 11.1 Å². The fourth-order valence-corrected chi connectivity index (χ4v) is 2.59. The Morgan fingerprint density at radius 1 is 1.07 bits per heavy atom. The average Bonchev–Trinajstić information content (AvgIpc) is 3.15. The van der Waals surface area contributed by atoms with Crippen LogP contribution >= 0.6 is 0 Å². The van der Waals surface area contributed by atoms with Crippen LogP contribution in [0.2, 0.25) is 0 Å². The molecule has 0 bridgehead atoms. The van der Waals surface area contributed by atoms with Gasteiger partial charge in [-0.15, -0.1) is 0 Å².